The highest BCUT2D eigenvalue weighted by atomic mass is 32.2. The van der Waals surface area contributed by atoms with E-state index in [9.17, 15) is 17.2 Å². The van der Waals surface area contributed by atoms with E-state index in [1.165, 1.54) is 42.1 Å². The number of alkyl halides is 2. The number of rotatable bonds is 6. The quantitative estimate of drug-likeness (QED) is 0.868. The summed E-state index contributed by atoms with van der Waals surface area (Å²) in [7, 11) is -2.28. The predicted octanol–water partition coefficient (Wildman–Crippen LogP) is 2.03. The van der Waals surface area contributed by atoms with Crippen LogP contribution in [0.15, 0.2) is 35.2 Å². The van der Waals surface area contributed by atoms with E-state index in [1.54, 1.807) is 0 Å². The van der Waals surface area contributed by atoms with E-state index in [0.29, 0.717) is 17.8 Å². The normalized spacial score (nSPS) is 13.5. The van der Waals surface area contributed by atoms with Crippen molar-refractivity contribution in [3.8, 4) is 5.69 Å². The minimum atomic E-state index is -3.81. The van der Waals surface area contributed by atoms with E-state index in [4.69, 9.17) is 9.88 Å². The molecule has 2 N–H and O–H groups in total. The molecule has 0 spiro atoms. The molecule has 0 aliphatic heterocycles. The Balaban J connectivity index is 2.44. The third-order valence-corrected chi connectivity index (χ3v) is 4.26. The second kappa shape index (κ2) is 6.73. The molecule has 126 valence electrons. The zero-order valence-corrected chi connectivity index (χ0v) is 13.4. The van der Waals surface area contributed by atoms with Crippen LogP contribution >= 0.6 is 0 Å². The summed E-state index contributed by atoms with van der Waals surface area (Å²) in [6.45, 7) is 1.81. The number of hydrogen-bond donors (Lipinski definition) is 1. The van der Waals surface area contributed by atoms with Crippen molar-refractivity contribution < 1.29 is 21.9 Å². The Bertz CT molecular complexity index is 773. The highest BCUT2D eigenvalue weighted by molar-refractivity contribution is 7.89. The smallest absolute Gasteiger partial charge is 0.282 e. The molecule has 1 heterocycles. The standard InChI is InChI=1S/C14H17F2N3O3S/c1-9(22-2)7-11-8-13(14(15)16)18-19(11)10-3-5-12(6-4-10)23(17,20)21/h3-6,8-9,14H,7H2,1-2H3,(H2,17,20,21). The van der Waals surface area contributed by atoms with Gasteiger partial charge in [-0.15, -0.1) is 0 Å². The van der Waals surface area contributed by atoms with Gasteiger partial charge in [-0.2, -0.15) is 5.10 Å². The minimum Gasteiger partial charge on any atom is -0.381 e. The molecule has 2 rings (SSSR count). The number of nitrogens with two attached hydrogens (primary N) is 1. The van der Waals surface area contributed by atoms with Crippen molar-refractivity contribution >= 4 is 10.0 Å². The third-order valence-electron chi connectivity index (χ3n) is 3.33. The van der Waals surface area contributed by atoms with Gasteiger partial charge in [-0.3, -0.25) is 0 Å². The van der Waals surface area contributed by atoms with Crippen LogP contribution in [-0.2, 0) is 21.2 Å². The highest BCUT2D eigenvalue weighted by Gasteiger charge is 2.18. The van der Waals surface area contributed by atoms with Crippen LogP contribution in [0.2, 0.25) is 0 Å². The molecule has 2 aromatic rings. The maximum Gasteiger partial charge on any atom is 0.282 e. The Hall–Kier alpha value is -1.84. The predicted molar refractivity (Wildman–Crippen MR) is 80.1 cm³/mol. The molecule has 23 heavy (non-hydrogen) atoms. The highest BCUT2D eigenvalue weighted by Crippen LogP contribution is 2.23. The third kappa shape index (κ3) is 4.12. The van der Waals surface area contributed by atoms with Crippen molar-refractivity contribution in [2.75, 3.05) is 7.11 Å². The van der Waals surface area contributed by atoms with Gasteiger partial charge < -0.3 is 4.74 Å². The molecule has 9 heteroatoms. The molecule has 6 nitrogen and oxygen atoms in total. The first kappa shape index (κ1) is 17.5. The fraction of sp³-hybridized carbons (Fsp3) is 0.357. The second-order valence-electron chi connectivity index (χ2n) is 5.06. The molecule has 0 radical (unpaired) electrons. The van der Waals surface area contributed by atoms with Crippen LogP contribution < -0.4 is 5.14 Å². The molecule has 1 aromatic heterocycles. The molecule has 0 bridgehead atoms. The Kier molecular flexibility index (Phi) is 5.12. The van der Waals surface area contributed by atoms with Gasteiger partial charge in [0.15, 0.2) is 0 Å². The minimum absolute atomic E-state index is 0.0608. The lowest BCUT2D eigenvalue weighted by Crippen LogP contribution is -2.14. The molecule has 1 atom stereocenters. The zero-order chi connectivity index (χ0) is 17.2. The first-order valence-corrected chi connectivity index (χ1v) is 8.30. The van der Waals surface area contributed by atoms with E-state index < -0.39 is 16.4 Å². The fourth-order valence-corrected chi connectivity index (χ4v) is 2.59. The summed E-state index contributed by atoms with van der Waals surface area (Å²) in [5.74, 6) is 0. The summed E-state index contributed by atoms with van der Waals surface area (Å²) in [6, 6.07) is 6.84. The molecule has 0 aliphatic carbocycles. The molecule has 0 amide bonds. The SMILES string of the molecule is COC(C)Cc1cc(C(F)F)nn1-c1ccc(S(N)(=O)=O)cc1. The monoisotopic (exact) mass is 345 g/mol. The topological polar surface area (TPSA) is 87.2 Å². The first-order valence-electron chi connectivity index (χ1n) is 6.75. The average molecular weight is 345 g/mol. The number of nitrogens with zero attached hydrogens (tertiary/aromatic N) is 2. The van der Waals surface area contributed by atoms with E-state index >= 15 is 0 Å². The van der Waals surface area contributed by atoms with E-state index in [1.807, 2.05) is 6.92 Å². The van der Waals surface area contributed by atoms with Crippen molar-refractivity contribution in [3.63, 3.8) is 0 Å². The molecular formula is C14H17F2N3O3S. The number of aromatic nitrogens is 2. The number of sulfonamides is 1. The number of benzene rings is 1. The molecule has 1 unspecified atom stereocenters. The Morgan fingerprint density at radius 3 is 2.39 bits per heavy atom. The van der Waals surface area contributed by atoms with Crippen LogP contribution in [0.25, 0.3) is 5.69 Å². The Morgan fingerprint density at radius 1 is 1.30 bits per heavy atom. The molecule has 1 aromatic carbocycles. The van der Waals surface area contributed by atoms with Crippen molar-refractivity contribution in [2.24, 2.45) is 5.14 Å². The van der Waals surface area contributed by atoms with Gasteiger partial charge in [-0.25, -0.2) is 27.0 Å². The summed E-state index contributed by atoms with van der Waals surface area (Å²) in [5.41, 5.74) is 0.652. The molecule has 0 fully saturated rings. The van der Waals surface area contributed by atoms with Crippen LogP contribution in [-0.4, -0.2) is 31.4 Å². The Labute approximate surface area is 132 Å². The van der Waals surface area contributed by atoms with Crippen LogP contribution in [0.1, 0.15) is 24.7 Å². The van der Waals surface area contributed by atoms with E-state index in [-0.39, 0.29) is 16.7 Å². The van der Waals surface area contributed by atoms with Crippen molar-refractivity contribution in [3.05, 3.63) is 41.7 Å². The van der Waals surface area contributed by atoms with Crippen LogP contribution in [0.4, 0.5) is 8.78 Å². The molecular weight excluding hydrogens is 328 g/mol. The van der Waals surface area contributed by atoms with Crippen molar-refractivity contribution in [2.45, 2.75) is 30.8 Å². The maximum absolute atomic E-state index is 12.9. The maximum atomic E-state index is 12.9. The summed E-state index contributed by atoms with van der Waals surface area (Å²) < 4.78 is 54.9. The largest absolute Gasteiger partial charge is 0.381 e. The molecule has 0 saturated carbocycles. The number of halogens is 2. The van der Waals surface area contributed by atoms with Gasteiger partial charge in [-0.1, -0.05) is 0 Å². The molecule has 0 saturated heterocycles. The van der Waals surface area contributed by atoms with Gasteiger partial charge in [0.2, 0.25) is 10.0 Å². The zero-order valence-electron chi connectivity index (χ0n) is 12.6. The van der Waals surface area contributed by atoms with Gasteiger partial charge in [-0.05, 0) is 37.3 Å². The van der Waals surface area contributed by atoms with Crippen LogP contribution in [0.5, 0.6) is 0 Å². The van der Waals surface area contributed by atoms with Crippen molar-refractivity contribution in [1.29, 1.82) is 0 Å². The van der Waals surface area contributed by atoms with Crippen LogP contribution in [0, 0.1) is 0 Å². The summed E-state index contributed by atoms with van der Waals surface area (Å²) >= 11 is 0. The number of hydrogen-bond acceptors (Lipinski definition) is 4. The summed E-state index contributed by atoms with van der Waals surface area (Å²) in [6.07, 6.45) is -2.50. The summed E-state index contributed by atoms with van der Waals surface area (Å²) in [5, 5.41) is 8.93. The van der Waals surface area contributed by atoms with Gasteiger partial charge in [0.1, 0.15) is 5.69 Å². The van der Waals surface area contributed by atoms with Gasteiger partial charge in [0.25, 0.3) is 6.43 Å². The average Bonchev–Trinajstić information content (AvgIpc) is 2.90. The first-order chi connectivity index (χ1) is 10.7. The van der Waals surface area contributed by atoms with E-state index in [0.717, 1.165) is 0 Å². The van der Waals surface area contributed by atoms with E-state index in [2.05, 4.69) is 5.10 Å². The van der Waals surface area contributed by atoms with Gasteiger partial charge in [0, 0.05) is 19.2 Å². The molecule has 0 aliphatic rings. The van der Waals surface area contributed by atoms with Gasteiger partial charge in [0.05, 0.1) is 16.7 Å². The van der Waals surface area contributed by atoms with Gasteiger partial charge >= 0.3 is 0 Å². The lowest BCUT2D eigenvalue weighted by Gasteiger charge is -2.12. The number of methoxy groups -OCH3 is 1. The van der Waals surface area contributed by atoms with Crippen LogP contribution in [0.3, 0.4) is 0 Å². The fourth-order valence-electron chi connectivity index (χ4n) is 2.07. The number of primary sulfonamides is 1. The Morgan fingerprint density at radius 2 is 1.91 bits per heavy atom. The summed E-state index contributed by atoms with van der Waals surface area (Å²) in [4.78, 5) is -0.0608. The second-order valence-corrected chi connectivity index (χ2v) is 6.62. The lowest BCUT2D eigenvalue weighted by atomic mass is 10.2. The number of ether oxygens (including phenoxy) is 1. The van der Waals surface area contributed by atoms with Crippen molar-refractivity contribution in [1.82, 2.24) is 9.78 Å². The lowest BCUT2D eigenvalue weighted by molar-refractivity contribution is 0.117.